The summed E-state index contributed by atoms with van der Waals surface area (Å²) in [6.07, 6.45) is 1.02. The molecule has 4 rings (SSSR count). The number of benzene rings is 3. The van der Waals surface area contributed by atoms with Crippen molar-refractivity contribution in [1.29, 1.82) is 0 Å². The van der Waals surface area contributed by atoms with E-state index in [1.54, 1.807) is 7.11 Å². The molecule has 1 unspecified atom stereocenters. The molecule has 3 heteroatoms. The normalized spacial score (nSPS) is 18.6. The van der Waals surface area contributed by atoms with Gasteiger partial charge in [-0.05, 0) is 56.0 Å². The highest BCUT2D eigenvalue weighted by Gasteiger charge is 2.51. The maximum atomic E-state index is 6.32. The van der Waals surface area contributed by atoms with Gasteiger partial charge in [-0.3, -0.25) is 4.90 Å². The first-order valence-electron chi connectivity index (χ1n) is 11.6. The van der Waals surface area contributed by atoms with E-state index >= 15 is 0 Å². The molecule has 0 bridgehead atoms. The van der Waals surface area contributed by atoms with Crippen molar-refractivity contribution >= 4 is 0 Å². The molecule has 0 N–H and O–H groups in total. The van der Waals surface area contributed by atoms with E-state index in [0.29, 0.717) is 6.61 Å². The van der Waals surface area contributed by atoms with Crippen LogP contribution in [-0.2, 0) is 16.7 Å². The fourth-order valence-corrected chi connectivity index (χ4v) is 5.37. The van der Waals surface area contributed by atoms with Crippen LogP contribution in [0.3, 0.4) is 0 Å². The SMILES string of the molecule is CCOC(C)(C)C1CC(c2ccccc2)(c2ccccc2)CN1Cc1ccc(OC)cc1. The summed E-state index contributed by atoms with van der Waals surface area (Å²) >= 11 is 0. The number of nitrogens with zero attached hydrogens (tertiary/aromatic N) is 1. The lowest BCUT2D eigenvalue weighted by molar-refractivity contribution is -0.0651. The first-order valence-corrected chi connectivity index (χ1v) is 11.6. The summed E-state index contributed by atoms with van der Waals surface area (Å²) in [5.74, 6) is 0.893. The zero-order chi connectivity index (χ0) is 22.6. The van der Waals surface area contributed by atoms with Gasteiger partial charge in [-0.2, -0.15) is 0 Å². The molecule has 1 saturated heterocycles. The maximum absolute atomic E-state index is 6.32. The van der Waals surface area contributed by atoms with Crippen molar-refractivity contribution in [2.75, 3.05) is 20.3 Å². The van der Waals surface area contributed by atoms with Crippen LogP contribution in [-0.4, -0.2) is 36.8 Å². The zero-order valence-corrected chi connectivity index (χ0v) is 19.8. The number of ether oxygens (including phenoxy) is 2. The second-order valence-electron chi connectivity index (χ2n) is 9.32. The van der Waals surface area contributed by atoms with Gasteiger partial charge < -0.3 is 9.47 Å². The maximum Gasteiger partial charge on any atom is 0.118 e. The summed E-state index contributed by atoms with van der Waals surface area (Å²) in [4.78, 5) is 2.62. The summed E-state index contributed by atoms with van der Waals surface area (Å²) in [6.45, 7) is 9.12. The Hall–Kier alpha value is -2.62. The minimum Gasteiger partial charge on any atom is -0.497 e. The highest BCUT2D eigenvalue weighted by atomic mass is 16.5. The van der Waals surface area contributed by atoms with Crippen LogP contribution >= 0.6 is 0 Å². The van der Waals surface area contributed by atoms with E-state index in [1.165, 1.54) is 16.7 Å². The van der Waals surface area contributed by atoms with E-state index < -0.39 is 0 Å². The zero-order valence-electron chi connectivity index (χ0n) is 19.8. The minimum atomic E-state index is -0.257. The van der Waals surface area contributed by atoms with Crippen LogP contribution in [0.5, 0.6) is 5.75 Å². The van der Waals surface area contributed by atoms with Gasteiger partial charge in [0.05, 0.1) is 12.7 Å². The van der Waals surface area contributed by atoms with Crippen molar-refractivity contribution in [2.24, 2.45) is 0 Å². The van der Waals surface area contributed by atoms with Gasteiger partial charge in [0.1, 0.15) is 5.75 Å². The Bertz CT molecular complexity index is 943. The number of rotatable bonds is 8. The van der Waals surface area contributed by atoms with E-state index in [-0.39, 0.29) is 17.1 Å². The molecule has 0 radical (unpaired) electrons. The fourth-order valence-electron chi connectivity index (χ4n) is 5.37. The van der Waals surface area contributed by atoms with Crippen molar-refractivity contribution in [3.8, 4) is 5.75 Å². The second-order valence-corrected chi connectivity index (χ2v) is 9.32. The first kappa shape index (κ1) is 22.6. The average Bonchev–Trinajstić information content (AvgIpc) is 3.22. The molecule has 32 heavy (non-hydrogen) atoms. The van der Waals surface area contributed by atoms with Gasteiger partial charge in [-0.15, -0.1) is 0 Å². The molecule has 0 spiro atoms. The molecule has 0 amide bonds. The molecule has 0 aromatic heterocycles. The highest BCUT2D eigenvalue weighted by Crippen LogP contribution is 2.47. The summed E-state index contributed by atoms with van der Waals surface area (Å²) in [6, 6.07) is 30.7. The molecule has 1 aliphatic heterocycles. The van der Waals surface area contributed by atoms with E-state index in [1.807, 2.05) is 0 Å². The Morgan fingerprint density at radius 1 is 0.875 bits per heavy atom. The van der Waals surface area contributed by atoms with E-state index in [0.717, 1.165) is 25.3 Å². The molecular weight excluding hydrogens is 394 g/mol. The smallest absolute Gasteiger partial charge is 0.118 e. The van der Waals surface area contributed by atoms with Crippen molar-refractivity contribution in [2.45, 2.75) is 50.8 Å². The summed E-state index contributed by atoms with van der Waals surface area (Å²) in [5, 5.41) is 0. The molecule has 168 valence electrons. The Morgan fingerprint density at radius 2 is 1.44 bits per heavy atom. The highest BCUT2D eigenvalue weighted by molar-refractivity contribution is 5.42. The second kappa shape index (κ2) is 9.48. The number of likely N-dealkylation sites (tertiary alicyclic amines) is 1. The molecule has 3 aromatic carbocycles. The van der Waals surface area contributed by atoms with Crippen molar-refractivity contribution in [3.05, 3.63) is 102 Å². The molecule has 3 aromatic rings. The Labute approximate surface area is 193 Å². The Morgan fingerprint density at radius 3 is 1.94 bits per heavy atom. The van der Waals surface area contributed by atoms with Crippen LogP contribution in [0.4, 0.5) is 0 Å². The van der Waals surface area contributed by atoms with E-state index in [9.17, 15) is 0 Å². The standard InChI is InChI=1S/C29H35NO2/c1-5-32-28(2,3)27-20-29(24-12-8-6-9-13-24,25-14-10-7-11-15-25)22-30(27)21-23-16-18-26(31-4)19-17-23/h6-19,27H,5,20-22H2,1-4H3. The molecule has 1 fully saturated rings. The van der Waals surface area contributed by atoms with E-state index in [2.05, 4.69) is 111 Å². The van der Waals surface area contributed by atoms with Crippen LogP contribution in [0.25, 0.3) is 0 Å². The Balaban J connectivity index is 1.76. The van der Waals surface area contributed by atoms with Crippen LogP contribution in [0.2, 0.25) is 0 Å². The van der Waals surface area contributed by atoms with Gasteiger partial charge in [-0.1, -0.05) is 72.8 Å². The fraction of sp³-hybridized carbons (Fsp3) is 0.379. The molecular formula is C29H35NO2. The lowest BCUT2D eigenvalue weighted by Crippen LogP contribution is -2.47. The molecule has 0 saturated carbocycles. The van der Waals surface area contributed by atoms with Gasteiger partial charge >= 0.3 is 0 Å². The van der Waals surface area contributed by atoms with Gasteiger partial charge in [0.15, 0.2) is 0 Å². The van der Waals surface area contributed by atoms with Crippen molar-refractivity contribution < 1.29 is 9.47 Å². The number of hydrogen-bond donors (Lipinski definition) is 0. The largest absolute Gasteiger partial charge is 0.497 e. The predicted octanol–water partition coefficient (Wildman–Crippen LogP) is 6.07. The third-order valence-corrected chi connectivity index (χ3v) is 6.97. The van der Waals surface area contributed by atoms with E-state index in [4.69, 9.17) is 9.47 Å². The number of methoxy groups -OCH3 is 1. The van der Waals surface area contributed by atoms with Gasteiger partial charge in [0.2, 0.25) is 0 Å². The molecule has 1 atom stereocenters. The predicted molar refractivity (Wildman–Crippen MR) is 131 cm³/mol. The average molecular weight is 430 g/mol. The monoisotopic (exact) mass is 429 g/mol. The molecule has 1 aliphatic rings. The van der Waals surface area contributed by atoms with Crippen molar-refractivity contribution in [3.63, 3.8) is 0 Å². The van der Waals surface area contributed by atoms with Gasteiger partial charge in [0.25, 0.3) is 0 Å². The molecule has 0 aliphatic carbocycles. The Kier molecular flexibility index (Phi) is 6.68. The molecule has 1 heterocycles. The van der Waals surface area contributed by atoms with Gasteiger partial charge in [-0.25, -0.2) is 0 Å². The molecule has 3 nitrogen and oxygen atoms in total. The van der Waals surface area contributed by atoms with Gasteiger partial charge in [0, 0.05) is 31.2 Å². The summed E-state index contributed by atoms with van der Waals surface area (Å²) < 4.78 is 11.7. The first-order chi connectivity index (χ1) is 15.5. The number of hydrogen-bond acceptors (Lipinski definition) is 3. The topological polar surface area (TPSA) is 21.7 Å². The summed E-state index contributed by atoms with van der Waals surface area (Å²) in [7, 11) is 1.71. The third-order valence-electron chi connectivity index (χ3n) is 6.97. The van der Waals surface area contributed by atoms with Crippen LogP contribution in [0.15, 0.2) is 84.9 Å². The van der Waals surface area contributed by atoms with Crippen LogP contribution in [0.1, 0.15) is 43.9 Å². The lowest BCUT2D eigenvalue weighted by atomic mass is 9.71. The van der Waals surface area contributed by atoms with Crippen molar-refractivity contribution in [1.82, 2.24) is 4.90 Å². The van der Waals surface area contributed by atoms with Crippen LogP contribution < -0.4 is 4.74 Å². The summed E-state index contributed by atoms with van der Waals surface area (Å²) in [5.41, 5.74) is 3.71. The lowest BCUT2D eigenvalue weighted by Gasteiger charge is -2.37. The minimum absolute atomic E-state index is 0.0754. The third kappa shape index (κ3) is 4.46. The van der Waals surface area contributed by atoms with Crippen LogP contribution in [0, 0.1) is 0 Å². The quantitative estimate of drug-likeness (QED) is 0.434.